The topological polar surface area (TPSA) is 22.1 Å². The Morgan fingerprint density at radius 1 is 1.12 bits per heavy atom. The molecule has 0 aliphatic heterocycles. The zero-order valence-electron chi connectivity index (χ0n) is 8.25. The van der Waals surface area contributed by atoms with Crippen LogP contribution in [0.5, 0.6) is 11.6 Å². The van der Waals surface area contributed by atoms with Gasteiger partial charge < -0.3 is 4.74 Å². The lowest BCUT2D eigenvalue weighted by molar-refractivity contribution is 0.422. The monoisotopic (exact) mass is 335 g/mol. The summed E-state index contributed by atoms with van der Waals surface area (Å²) in [5.74, 6) is -0.377. The normalized spacial score (nSPS) is 10.4. The predicted octanol–water partition coefficient (Wildman–Crippen LogP) is 5.08. The van der Waals surface area contributed by atoms with Crippen molar-refractivity contribution in [1.29, 1.82) is 0 Å². The highest BCUT2D eigenvalue weighted by atomic mass is 79.9. The average Bonchev–Trinajstić information content (AvgIpc) is 2.21. The van der Waals surface area contributed by atoms with Crippen molar-refractivity contribution in [2.24, 2.45) is 0 Å². The molecule has 0 bridgehead atoms. The van der Waals surface area contributed by atoms with E-state index in [1.54, 1.807) is 6.07 Å². The number of benzene rings is 1. The Morgan fingerprint density at radius 3 is 2.35 bits per heavy atom. The van der Waals surface area contributed by atoms with Gasteiger partial charge in [-0.3, -0.25) is 0 Å². The van der Waals surface area contributed by atoms with Crippen molar-refractivity contribution in [3.05, 3.63) is 50.8 Å². The number of nitrogens with zero attached hydrogens (tertiary/aromatic N) is 1. The number of halogens is 4. The molecule has 0 N–H and O–H groups in total. The molecule has 0 saturated heterocycles. The summed E-state index contributed by atoms with van der Waals surface area (Å²) in [6.07, 6.45) is 1.44. The molecule has 0 saturated carbocycles. The van der Waals surface area contributed by atoms with Crippen LogP contribution in [0.25, 0.3) is 0 Å². The van der Waals surface area contributed by atoms with Gasteiger partial charge >= 0.3 is 0 Å². The van der Waals surface area contributed by atoms with Gasteiger partial charge in [0.2, 0.25) is 0 Å². The van der Waals surface area contributed by atoms with E-state index in [4.69, 9.17) is 27.9 Å². The third-order valence-corrected chi connectivity index (χ3v) is 2.69. The quantitative estimate of drug-likeness (QED) is 0.762. The second kappa shape index (κ2) is 5.21. The van der Waals surface area contributed by atoms with E-state index in [0.717, 1.165) is 0 Å². The SMILES string of the molecule is Fc1cc(Br)cnc1Oc1cc(Cl)cc(Cl)c1. The molecule has 0 atom stereocenters. The third kappa shape index (κ3) is 3.31. The Balaban J connectivity index is 2.31. The first-order valence-electron chi connectivity index (χ1n) is 4.49. The first-order chi connectivity index (χ1) is 8.04. The maximum Gasteiger partial charge on any atom is 0.255 e. The third-order valence-electron chi connectivity index (χ3n) is 1.82. The summed E-state index contributed by atoms with van der Waals surface area (Å²) in [7, 11) is 0. The number of ether oxygens (including phenoxy) is 1. The van der Waals surface area contributed by atoms with E-state index in [1.165, 1.54) is 24.4 Å². The van der Waals surface area contributed by atoms with Crippen molar-refractivity contribution in [2.45, 2.75) is 0 Å². The van der Waals surface area contributed by atoms with Gasteiger partial charge in [-0.25, -0.2) is 9.37 Å². The van der Waals surface area contributed by atoms with Crippen molar-refractivity contribution >= 4 is 39.1 Å². The average molecular weight is 337 g/mol. The van der Waals surface area contributed by atoms with E-state index < -0.39 is 5.82 Å². The molecule has 6 heteroatoms. The molecule has 0 unspecified atom stereocenters. The smallest absolute Gasteiger partial charge is 0.255 e. The molecule has 1 aromatic carbocycles. The van der Waals surface area contributed by atoms with Crippen LogP contribution >= 0.6 is 39.1 Å². The molecule has 0 aliphatic carbocycles. The van der Waals surface area contributed by atoms with E-state index >= 15 is 0 Å². The van der Waals surface area contributed by atoms with Crippen molar-refractivity contribution in [2.75, 3.05) is 0 Å². The second-order valence-electron chi connectivity index (χ2n) is 3.15. The summed E-state index contributed by atoms with van der Waals surface area (Å²) in [6.45, 7) is 0. The second-order valence-corrected chi connectivity index (χ2v) is 4.94. The molecule has 2 rings (SSSR count). The van der Waals surface area contributed by atoms with Crippen LogP contribution in [0.2, 0.25) is 10.0 Å². The molecular weight excluding hydrogens is 332 g/mol. The van der Waals surface area contributed by atoms with Gasteiger partial charge in [0.1, 0.15) is 5.75 Å². The number of aromatic nitrogens is 1. The lowest BCUT2D eigenvalue weighted by Crippen LogP contribution is -1.92. The minimum absolute atomic E-state index is 0.133. The minimum atomic E-state index is -0.574. The highest BCUT2D eigenvalue weighted by Gasteiger charge is 2.08. The van der Waals surface area contributed by atoms with Crippen LogP contribution in [-0.2, 0) is 0 Å². The molecular formula is C11H5BrCl2FNO. The molecule has 0 spiro atoms. The van der Waals surface area contributed by atoms with Crippen molar-refractivity contribution in [3.63, 3.8) is 0 Å². The van der Waals surface area contributed by atoms with Crippen LogP contribution in [-0.4, -0.2) is 4.98 Å². The van der Waals surface area contributed by atoms with Gasteiger partial charge in [0, 0.05) is 20.7 Å². The zero-order chi connectivity index (χ0) is 12.4. The molecule has 1 heterocycles. The van der Waals surface area contributed by atoms with E-state index in [2.05, 4.69) is 20.9 Å². The van der Waals surface area contributed by atoms with Crippen molar-refractivity contribution in [3.8, 4) is 11.6 Å². The summed E-state index contributed by atoms with van der Waals surface area (Å²) in [4.78, 5) is 3.80. The van der Waals surface area contributed by atoms with Gasteiger partial charge in [0.15, 0.2) is 5.82 Å². The molecule has 2 nitrogen and oxygen atoms in total. The highest BCUT2D eigenvalue weighted by molar-refractivity contribution is 9.10. The lowest BCUT2D eigenvalue weighted by Gasteiger charge is -2.06. The molecule has 2 aromatic rings. The predicted molar refractivity (Wildman–Crippen MR) is 68.4 cm³/mol. The van der Waals surface area contributed by atoms with Gasteiger partial charge in [0.25, 0.3) is 5.88 Å². The first kappa shape index (κ1) is 12.6. The Morgan fingerprint density at radius 2 is 1.76 bits per heavy atom. The van der Waals surface area contributed by atoms with Crippen LogP contribution in [0.4, 0.5) is 4.39 Å². The van der Waals surface area contributed by atoms with Gasteiger partial charge in [-0.15, -0.1) is 0 Å². The van der Waals surface area contributed by atoms with Crippen LogP contribution in [0.3, 0.4) is 0 Å². The van der Waals surface area contributed by atoms with Gasteiger partial charge in [-0.05, 0) is 40.2 Å². The summed E-state index contributed by atoms with van der Waals surface area (Å²) in [5.41, 5.74) is 0. The first-order valence-corrected chi connectivity index (χ1v) is 6.04. The zero-order valence-corrected chi connectivity index (χ0v) is 11.4. The lowest BCUT2D eigenvalue weighted by atomic mass is 10.3. The fraction of sp³-hybridized carbons (Fsp3) is 0. The van der Waals surface area contributed by atoms with Crippen LogP contribution in [0.1, 0.15) is 0 Å². The number of pyridine rings is 1. The Bertz CT molecular complexity index is 545. The van der Waals surface area contributed by atoms with Gasteiger partial charge in [0.05, 0.1) is 0 Å². The number of hydrogen-bond acceptors (Lipinski definition) is 2. The van der Waals surface area contributed by atoms with Gasteiger partial charge in [-0.2, -0.15) is 0 Å². The molecule has 0 amide bonds. The number of hydrogen-bond donors (Lipinski definition) is 0. The molecule has 1 aromatic heterocycles. The molecule has 88 valence electrons. The standard InChI is InChI=1S/C11H5BrCl2FNO/c12-6-1-10(15)11(16-5-6)17-9-3-7(13)2-8(14)4-9/h1-5H. The van der Waals surface area contributed by atoms with Crippen molar-refractivity contribution < 1.29 is 9.13 Å². The Kier molecular flexibility index (Phi) is 3.86. The molecule has 0 aliphatic rings. The van der Waals surface area contributed by atoms with E-state index in [-0.39, 0.29) is 5.88 Å². The van der Waals surface area contributed by atoms with Crippen LogP contribution in [0, 0.1) is 5.82 Å². The molecule has 0 radical (unpaired) electrons. The Labute approximate surface area is 115 Å². The maximum absolute atomic E-state index is 13.5. The van der Waals surface area contributed by atoms with E-state index in [1.807, 2.05) is 0 Å². The summed E-state index contributed by atoms with van der Waals surface area (Å²) in [5, 5.41) is 0.815. The Hall–Kier alpha value is -0.840. The summed E-state index contributed by atoms with van der Waals surface area (Å²) in [6, 6.07) is 5.86. The van der Waals surface area contributed by atoms with Crippen LogP contribution in [0.15, 0.2) is 34.9 Å². The van der Waals surface area contributed by atoms with E-state index in [0.29, 0.717) is 20.3 Å². The van der Waals surface area contributed by atoms with E-state index in [9.17, 15) is 4.39 Å². The molecule has 17 heavy (non-hydrogen) atoms. The highest BCUT2D eigenvalue weighted by Crippen LogP contribution is 2.29. The van der Waals surface area contributed by atoms with Gasteiger partial charge in [-0.1, -0.05) is 23.2 Å². The number of rotatable bonds is 2. The van der Waals surface area contributed by atoms with Crippen molar-refractivity contribution in [1.82, 2.24) is 4.98 Å². The maximum atomic E-state index is 13.5. The fourth-order valence-electron chi connectivity index (χ4n) is 1.18. The van der Waals surface area contributed by atoms with Crippen LogP contribution < -0.4 is 4.74 Å². The largest absolute Gasteiger partial charge is 0.436 e. The summed E-state index contributed by atoms with van der Waals surface area (Å²) < 4.78 is 19.2. The minimum Gasteiger partial charge on any atom is -0.436 e. The molecule has 0 fully saturated rings. The fourth-order valence-corrected chi connectivity index (χ4v) is 1.99. The summed E-state index contributed by atoms with van der Waals surface area (Å²) >= 11 is 14.7.